The van der Waals surface area contributed by atoms with Crippen molar-refractivity contribution in [1.82, 2.24) is 25.1 Å². The van der Waals surface area contributed by atoms with E-state index in [2.05, 4.69) is 25.8 Å². The van der Waals surface area contributed by atoms with Crippen molar-refractivity contribution in [1.29, 1.82) is 0 Å². The number of H-pyrrole nitrogens is 1. The molecule has 0 radical (unpaired) electrons. The van der Waals surface area contributed by atoms with Crippen molar-refractivity contribution >= 4 is 22.5 Å². The van der Waals surface area contributed by atoms with Crippen LogP contribution >= 0.6 is 0 Å². The van der Waals surface area contributed by atoms with E-state index in [4.69, 9.17) is 9.84 Å². The van der Waals surface area contributed by atoms with E-state index in [1.54, 1.807) is 6.33 Å². The normalized spacial score (nSPS) is 20.4. The summed E-state index contributed by atoms with van der Waals surface area (Å²) in [6.45, 7) is 1.43. The van der Waals surface area contributed by atoms with Gasteiger partial charge in [0.25, 0.3) is 0 Å². The third-order valence-electron chi connectivity index (χ3n) is 5.73. The zero-order valence-corrected chi connectivity index (χ0v) is 17.9. The maximum absolute atomic E-state index is 12.5. The second kappa shape index (κ2) is 8.99. The maximum atomic E-state index is 12.5. The molecule has 32 heavy (non-hydrogen) atoms. The number of aryl methyl sites for hydroxylation is 2. The molecule has 11 heteroatoms. The van der Waals surface area contributed by atoms with Gasteiger partial charge in [-0.15, -0.1) is 0 Å². The summed E-state index contributed by atoms with van der Waals surface area (Å²) in [5, 5.41) is 22.4. The lowest BCUT2D eigenvalue weighted by atomic mass is 9.93. The van der Waals surface area contributed by atoms with Gasteiger partial charge in [-0.05, 0) is 32.6 Å². The number of rotatable bonds is 7. The van der Waals surface area contributed by atoms with Crippen molar-refractivity contribution in [3.8, 4) is 5.75 Å². The molecule has 1 atom stereocenters. The number of halogens is 3. The van der Waals surface area contributed by atoms with Crippen molar-refractivity contribution in [2.45, 2.75) is 57.0 Å². The molecule has 0 aliphatic heterocycles. The van der Waals surface area contributed by atoms with Gasteiger partial charge in [-0.25, -0.2) is 4.98 Å². The average molecular weight is 452 g/mol. The maximum Gasteiger partial charge on any atom is 0.415 e. The molecule has 1 aromatic carbocycles. The van der Waals surface area contributed by atoms with Crippen molar-refractivity contribution in [2.24, 2.45) is 7.05 Å². The molecule has 2 heterocycles. The SMILES string of the molecule is Cc1cc(Nc2cc(O[C@H]3CC[C@@H](NC[C@@H](O)C(F)(F)F)CC3)cc3c2ncn3C)n[nH]1. The zero-order valence-electron chi connectivity index (χ0n) is 17.9. The van der Waals surface area contributed by atoms with Crippen molar-refractivity contribution in [3.63, 3.8) is 0 Å². The highest BCUT2D eigenvalue weighted by Gasteiger charge is 2.38. The van der Waals surface area contributed by atoms with Crippen LogP contribution in [0.5, 0.6) is 5.75 Å². The third kappa shape index (κ3) is 5.16. The molecular weight excluding hydrogens is 425 g/mol. The van der Waals surface area contributed by atoms with Gasteiger partial charge in [0.2, 0.25) is 0 Å². The number of alkyl halides is 3. The molecule has 0 unspecified atom stereocenters. The molecule has 0 amide bonds. The fourth-order valence-electron chi connectivity index (χ4n) is 3.96. The number of benzene rings is 1. The molecule has 0 spiro atoms. The molecule has 0 saturated heterocycles. The summed E-state index contributed by atoms with van der Waals surface area (Å²) in [6, 6.07) is 5.66. The molecular formula is C21H27F3N6O2. The van der Waals surface area contributed by atoms with Gasteiger partial charge in [-0.2, -0.15) is 18.3 Å². The molecule has 8 nitrogen and oxygen atoms in total. The fourth-order valence-corrected chi connectivity index (χ4v) is 3.96. The Bertz CT molecular complexity index is 1060. The molecule has 4 rings (SSSR count). The second-order valence-electron chi connectivity index (χ2n) is 8.31. The lowest BCUT2D eigenvalue weighted by molar-refractivity contribution is -0.202. The number of hydrogen-bond donors (Lipinski definition) is 4. The summed E-state index contributed by atoms with van der Waals surface area (Å²) < 4.78 is 45.6. The standard InChI is InChI=1S/C21H27F3N6O2/c1-12-7-19(29-28-12)27-16-8-15(9-17-20(16)26-11-30(17)2)32-14-5-3-13(4-6-14)25-10-18(31)21(22,23)24/h7-9,11,13-14,18,25,31H,3-6,10H2,1-2H3,(H2,27,28,29)/t13-,14+,18-/m1/s1. The number of nitrogens with zero attached hydrogens (tertiary/aromatic N) is 3. The number of nitrogens with one attached hydrogen (secondary N) is 3. The van der Waals surface area contributed by atoms with Crippen LogP contribution in [-0.4, -0.2) is 55.8 Å². The number of fused-ring (bicyclic) bond motifs is 1. The summed E-state index contributed by atoms with van der Waals surface area (Å²) in [5.41, 5.74) is 3.43. The molecule has 1 aliphatic rings. The first-order valence-corrected chi connectivity index (χ1v) is 10.6. The van der Waals surface area contributed by atoms with E-state index in [0.717, 1.165) is 22.4 Å². The van der Waals surface area contributed by atoms with Crippen LogP contribution in [0.3, 0.4) is 0 Å². The number of ether oxygens (including phenoxy) is 1. The van der Waals surface area contributed by atoms with E-state index in [1.165, 1.54) is 0 Å². The number of anilines is 2. The van der Waals surface area contributed by atoms with Gasteiger partial charge in [0.05, 0.1) is 23.6 Å². The fraction of sp³-hybridized carbons (Fsp3) is 0.524. The molecule has 0 bridgehead atoms. The monoisotopic (exact) mass is 452 g/mol. The Hall–Kier alpha value is -2.79. The number of aliphatic hydroxyl groups excluding tert-OH is 1. The summed E-state index contributed by atoms with van der Waals surface area (Å²) >= 11 is 0. The predicted octanol–water partition coefficient (Wildman–Crippen LogP) is 3.55. The molecule has 3 aromatic rings. The summed E-state index contributed by atoms with van der Waals surface area (Å²) in [7, 11) is 1.91. The highest BCUT2D eigenvalue weighted by molar-refractivity contribution is 5.91. The van der Waals surface area contributed by atoms with Crippen molar-refractivity contribution in [2.75, 3.05) is 11.9 Å². The Morgan fingerprint density at radius 1 is 1.25 bits per heavy atom. The number of hydrogen-bond acceptors (Lipinski definition) is 6. The Balaban J connectivity index is 1.40. The Kier molecular flexibility index (Phi) is 6.29. The van der Waals surface area contributed by atoms with Crippen molar-refractivity contribution in [3.05, 3.63) is 30.2 Å². The van der Waals surface area contributed by atoms with Gasteiger partial charge in [-0.1, -0.05) is 0 Å². The summed E-state index contributed by atoms with van der Waals surface area (Å²) in [6.07, 6.45) is -2.45. The van der Waals surface area contributed by atoms with Crippen LogP contribution in [0.25, 0.3) is 11.0 Å². The van der Waals surface area contributed by atoms with Crippen LogP contribution in [-0.2, 0) is 7.05 Å². The van der Waals surface area contributed by atoms with E-state index in [9.17, 15) is 13.2 Å². The van der Waals surface area contributed by atoms with Crippen LogP contribution in [0.2, 0.25) is 0 Å². The molecule has 2 aromatic heterocycles. The minimum atomic E-state index is -4.60. The minimum Gasteiger partial charge on any atom is -0.490 e. The number of aliphatic hydroxyl groups is 1. The van der Waals surface area contributed by atoms with E-state index in [1.807, 2.05) is 36.7 Å². The van der Waals surface area contributed by atoms with Gasteiger partial charge in [0.15, 0.2) is 11.9 Å². The number of aromatic amines is 1. The van der Waals surface area contributed by atoms with E-state index in [0.29, 0.717) is 37.3 Å². The van der Waals surface area contributed by atoms with Crippen LogP contribution in [0.15, 0.2) is 24.5 Å². The zero-order chi connectivity index (χ0) is 22.9. The topological polar surface area (TPSA) is 100 Å². The van der Waals surface area contributed by atoms with Crippen LogP contribution in [0.1, 0.15) is 31.4 Å². The first kappa shape index (κ1) is 22.4. The van der Waals surface area contributed by atoms with E-state index < -0.39 is 18.8 Å². The quantitative estimate of drug-likeness (QED) is 0.438. The van der Waals surface area contributed by atoms with Gasteiger partial charge in [-0.3, -0.25) is 5.10 Å². The van der Waals surface area contributed by atoms with E-state index >= 15 is 0 Å². The van der Waals surface area contributed by atoms with Crippen LogP contribution in [0, 0.1) is 6.92 Å². The second-order valence-corrected chi connectivity index (χ2v) is 8.31. The van der Waals surface area contributed by atoms with E-state index in [-0.39, 0.29) is 12.1 Å². The number of imidazole rings is 1. The Labute approximate surface area is 183 Å². The molecule has 4 N–H and O–H groups in total. The largest absolute Gasteiger partial charge is 0.490 e. The summed E-state index contributed by atoms with van der Waals surface area (Å²) in [4.78, 5) is 4.47. The van der Waals surface area contributed by atoms with Crippen molar-refractivity contribution < 1.29 is 23.0 Å². The highest BCUT2D eigenvalue weighted by atomic mass is 19.4. The van der Waals surface area contributed by atoms with Crippen LogP contribution in [0.4, 0.5) is 24.7 Å². The van der Waals surface area contributed by atoms with Crippen LogP contribution < -0.4 is 15.4 Å². The first-order valence-electron chi connectivity index (χ1n) is 10.6. The minimum absolute atomic E-state index is 0.0354. The van der Waals surface area contributed by atoms with Gasteiger partial charge >= 0.3 is 6.18 Å². The lowest BCUT2D eigenvalue weighted by Gasteiger charge is -2.30. The average Bonchev–Trinajstić information content (AvgIpc) is 3.32. The first-order chi connectivity index (χ1) is 15.2. The Morgan fingerprint density at radius 2 is 2.00 bits per heavy atom. The Morgan fingerprint density at radius 3 is 2.66 bits per heavy atom. The molecule has 1 fully saturated rings. The molecule has 1 saturated carbocycles. The highest BCUT2D eigenvalue weighted by Crippen LogP contribution is 2.32. The molecule has 174 valence electrons. The summed E-state index contributed by atoms with van der Waals surface area (Å²) in [5.74, 6) is 1.37. The van der Waals surface area contributed by atoms with Gasteiger partial charge in [0, 0.05) is 43.5 Å². The van der Waals surface area contributed by atoms with Gasteiger partial charge < -0.3 is 25.0 Å². The number of aromatic nitrogens is 4. The molecule has 1 aliphatic carbocycles. The predicted molar refractivity (Wildman–Crippen MR) is 114 cm³/mol. The third-order valence-corrected chi connectivity index (χ3v) is 5.73. The lowest BCUT2D eigenvalue weighted by Crippen LogP contribution is -2.44. The van der Waals surface area contributed by atoms with Gasteiger partial charge in [0.1, 0.15) is 11.3 Å². The smallest absolute Gasteiger partial charge is 0.415 e.